The van der Waals surface area contributed by atoms with Crippen molar-refractivity contribution < 1.29 is 4.74 Å². The molecular weight excluding hydrogens is 238 g/mol. The van der Waals surface area contributed by atoms with Gasteiger partial charge in [0, 0.05) is 17.9 Å². The maximum atomic E-state index is 5.73. The van der Waals surface area contributed by atoms with E-state index in [4.69, 9.17) is 15.6 Å². The van der Waals surface area contributed by atoms with E-state index >= 15 is 0 Å². The van der Waals surface area contributed by atoms with Crippen molar-refractivity contribution >= 4 is 10.9 Å². The SMILES string of the molecule is NNC(c1ccc2ccccc2n1)C1CCCOC1. The molecule has 3 N–H and O–H groups in total. The fourth-order valence-electron chi connectivity index (χ4n) is 2.75. The molecular formula is C15H19N3O. The Morgan fingerprint density at radius 1 is 1.26 bits per heavy atom. The molecule has 1 aliphatic rings. The largest absolute Gasteiger partial charge is 0.381 e. The van der Waals surface area contributed by atoms with Crippen LogP contribution < -0.4 is 11.3 Å². The van der Waals surface area contributed by atoms with Crippen LogP contribution in [0.2, 0.25) is 0 Å². The Morgan fingerprint density at radius 3 is 2.95 bits per heavy atom. The Balaban J connectivity index is 1.91. The summed E-state index contributed by atoms with van der Waals surface area (Å²) in [5, 5.41) is 1.15. The molecule has 4 nitrogen and oxygen atoms in total. The molecule has 0 radical (unpaired) electrons. The van der Waals surface area contributed by atoms with E-state index in [9.17, 15) is 0 Å². The number of ether oxygens (including phenoxy) is 1. The van der Waals surface area contributed by atoms with Crippen LogP contribution in [0.15, 0.2) is 36.4 Å². The lowest BCUT2D eigenvalue weighted by Gasteiger charge is -2.29. The predicted molar refractivity (Wildman–Crippen MR) is 75.4 cm³/mol. The first kappa shape index (κ1) is 12.5. The number of nitrogens with zero attached hydrogens (tertiary/aromatic N) is 1. The van der Waals surface area contributed by atoms with Gasteiger partial charge >= 0.3 is 0 Å². The van der Waals surface area contributed by atoms with Crippen molar-refractivity contribution in [3.05, 3.63) is 42.1 Å². The first-order valence-corrected chi connectivity index (χ1v) is 6.78. The first-order valence-electron chi connectivity index (χ1n) is 6.78. The predicted octanol–water partition coefficient (Wildman–Crippen LogP) is 2.17. The maximum absolute atomic E-state index is 5.73. The number of rotatable bonds is 3. The van der Waals surface area contributed by atoms with E-state index in [0.717, 1.165) is 42.7 Å². The van der Waals surface area contributed by atoms with E-state index < -0.39 is 0 Å². The average molecular weight is 257 g/mol. The quantitative estimate of drug-likeness (QED) is 0.653. The zero-order valence-corrected chi connectivity index (χ0v) is 10.9. The topological polar surface area (TPSA) is 60.2 Å². The van der Waals surface area contributed by atoms with Crippen molar-refractivity contribution in [3.63, 3.8) is 0 Å². The number of hydrogen-bond acceptors (Lipinski definition) is 4. The van der Waals surface area contributed by atoms with E-state index in [2.05, 4.69) is 23.6 Å². The van der Waals surface area contributed by atoms with Gasteiger partial charge in [0.1, 0.15) is 0 Å². The van der Waals surface area contributed by atoms with Gasteiger partial charge in [-0.3, -0.25) is 16.3 Å². The van der Waals surface area contributed by atoms with Crippen molar-refractivity contribution in [2.45, 2.75) is 18.9 Å². The molecule has 19 heavy (non-hydrogen) atoms. The van der Waals surface area contributed by atoms with Gasteiger partial charge in [-0.15, -0.1) is 0 Å². The minimum atomic E-state index is 0.0601. The van der Waals surface area contributed by atoms with Crippen LogP contribution in [0.25, 0.3) is 10.9 Å². The molecule has 0 spiro atoms. The van der Waals surface area contributed by atoms with Gasteiger partial charge in [-0.25, -0.2) is 0 Å². The summed E-state index contributed by atoms with van der Waals surface area (Å²) in [5.74, 6) is 6.13. The zero-order chi connectivity index (χ0) is 13.1. The molecule has 1 aromatic carbocycles. The number of benzene rings is 1. The van der Waals surface area contributed by atoms with Gasteiger partial charge in [0.2, 0.25) is 0 Å². The lowest BCUT2D eigenvalue weighted by Crippen LogP contribution is -2.37. The van der Waals surface area contributed by atoms with E-state index in [1.54, 1.807) is 0 Å². The number of nitrogens with two attached hydrogens (primary N) is 1. The zero-order valence-electron chi connectivity index (χ0n) is 10.9. The lowest BCUT2D eigenvalue weighted by atomic mass is 9.91. The molecule has 4 heteroatoms. The third kappa shape index (κ3) is 2.61. The van der Waals surface area contributed by atoms with E-state index in [0.29, 0.717) is 5.92 Å². The molecule has 100 valence electrons. The number of nitrogens with one attached hydrogen (secondary N) is 1. The molecule has 1 saturated heterocycles. The Labute approximate surface area is 112 Å². The summed E-state index contributed by atoms with van der Waals surface area (Å²) in [4.78, 5) is 4.72. The van der Waals surface area contributed by atoms with Gasteiger partial charge in [0.25, 0.3) is 0 Å². The number of pyridine rings is 1. The minimum absolute atomic E-state index is 0.0601. The van der Waals surface area contributed by atoms with Crippen LogP contribution in [-0.2, 0) is 4.74 Å². The second kappa shape index (κ2) is 5.65. The van der Waals surface area contributed by atoms with Crippen LogP contribution >= 0.6 is 0 Å². The highest BCUT2D eigenvalue weighted by atomic mass is 16.5. The first-order chi connectivity index (χ1) is 9.38. The summed E-state index contributed by atoms with van der Waals surface area (Å²) in [6.07, 6.45) is 2.22. The van der Waals surface area contributed by atoms with Gasteiger partial charge in [-0.2, -0.15) is 0 Å². The van der Waals surface area contributed by atoms with Gasteiger partial charge in [-0.05, 0) is 25.0 Å². The second-order valence-corrected chi connectivity index (χ2v) is 5.05. The third-order valence-corrected chi connectivity index (χ3v) is 3.79. The summed E-state index contributed by atoms with van der Waals surface area (Å²) < 4.78 is 5.55. The Kier molecular flexibility index (Phi) is 3.73. The lowest BCUT2D eigenvalue weighted by molar-refractivity contribution is 0.0384. The molecule has 2 heterocycles. The molecule has 1 aliphatic heterocycles. The van der Waals surface area contributed by atoms with Crippen molar-refractivity contribution in [1.29, 1.82) is 0 Å². The van der Waals surface area contributed by atoms with E-state index in [1.165, 1.54) is 0 Å². The number of hydrazine groups is 1. The average Bonchev–Trinajstić information content (AvgIpc) is 2.49. The molecule has 1 aromatic heterocycles. The monoisotopic (exact) mass is 257 g/mol. The fraction of sp³-hybridized carbons (Fsp3) is 0.400. The molecule has 0 aliphatic carbocycles. The van der Waals surface area contributed by atoms with Crippen molar-refractivity contribution in [3.8, 4) is 0 Å². The van der Waals surface area contributed by atoms with Gasteiger partial charge in [0.05, 0.1) is 23.9 Å². The van der Waals surface area contributed by atoms with E-state index in [-0.39, 0.29) is 6.04 Å². The molecule has 3 rings (SSSR count). The highest BCUT2D eigenvalue weighted by molar-refractivity contribution is 5.78. The highest BCUT2D eigenvalue weighted by Gasteiger charge is 2.25. The highest BCUT2D eigenvalue weighted by Crippen LogP contribution is 2.28. The normalized spacial score (nSPS) is 21.4. The van der Waals surface area contributed by atoms with Gasteiger partial charge in [-0.1, -0.05) is 24.3 Å². The Morgan fingerprint density at radius 2 is 2.16 bits per heavy atom. The number of para-hydroxylation sites is 1. The maximum Gasteiger partial charge on any atom is 0.0706 e. The van der Waals surface area contributed by atoms with Crippen LogP contribution in [0.3, 0.4) is 0 Å². The van der Waals surface area contributed by atoms with Crippen LogP contribution in [0.5, 0.6) is 0 Å². The van der Waals surface area contributed by atoms with Gasteiger partial charge < -0.3 is 4.74 Å². The Hall–Kier alpha value is -1.49. The van der Waals surface area contributed by atoms with Crippen molar-refractivity contribution in [2.24, 2.45) is 11.8 Å². The number of hydrogen-bond donors (Lipinski definition) is 2. The van der Waals surface area contributed by atoms with Crippen molar-refractivity contribution in [1.82, 2.24) is 10.4 Å². The smallest absolute Gasteiger partial charge is 0.0706 e. The second-order valence-electron chi connectivity index (χ2n) is 5.05. The Bertz CT molecular complexity index is 552. The third-order valence-electron chi connectivity index (χ3n) is 3.79. The standard InChI is InChI=1S/C15H19N3O/c16-18-15(12-5-3-9-19-10-12)14-8-7-11-4-1-2-6-13(11)17-14/h1-2,4,6-8,12,15,18H,3,5,9-10,16H2. The molecule has 1 fully saturated rings. The fourth-order valence-corrected chi connectivity index (χ4v) is 2.75. The van der Waals surface area contributed by atoms with Crippen LogP contribution in [0, 0.1) is 5.92 Å². The van der Waals surface area contributed by atoms with Crippen LogP contribution in [0.4, 0.5) is 0 Å². The molecule has 2 atom stereocenters. The van der Waals surface area contributed by atoms with Gasteiger partial charge in [0.15, 0.2) is 0 Å². The molecule has 2 unspecified atom stereocenters. The van der Waals surface area contributed by atoms with Crippen LogP contribution in [-0.4, -0.2) is 18.2 Å². The summed E-state index contributed by atoms with van der Waals surface area (Å²) in [6.45, 7) is 1.61. The summed E-state index contributed by atoms with van der Waals surface area (Å²) in [6, 6.07) is 12.4. The molecule has 0 saturated carbocycles. The van der Waals surface area contributed by atoms with Crippen molar-refractivity contribution in [2.75, 3.05) is 13.2 Å². The molecule has 0 amide bonds. The summed E-state index contributed by atoms with van der Waals surface area (Å²) >= 11 is 0. The molecule has 2 aromatic rings. The number of aromatic nitrogens is 1. The number of fused-ring (bicyclic) bond motifs is 1. The summed E-state index contributed by atoms with van der Waals surface area (Å²) in [5.41, 5.74) is 4.92. The molecule has 0 bridgehead atoms. The summed E-state index contributed by atoms with van der Waals surface area (Å²) in [7, 11) is 0. The van der Waals surface area contributed by atoms with E-state index in [1.807, 2.05) is 18.2 Å². The minimum Gasteiger partial charge on any atom is -0.381 e. The van der Waals surface area contributed by atoms with Crippen LogP contribution in [0.1, 0.15) is 24.6 Å².